The molecule has 1 aromatic heterocycles. The summed E-state index contributed by atoms with van der Waals surface area (Å²) in [6, 6.07) is 4.79. The fourth-order valence-corrected chi connectivity index (χ4v) is 4.12. The van der Waals surface area contributed by atoms with Gasteiger partial charge in [0, 0.05) is 57.1 Å². The van der Waals surface area contributed by atoms with Gasteiger partial charge in [-0.15, -0.1) is 24.0 Å². The molecule has 2 fully saturated rings. The maximum absolute atomic E-state index is 4.86. The number of nitrogens with zero attached hydrogens (tertiary/aromatic N) is 5. The van der Waals surface area contributed by atoms with Crippen molar-refractivity contribution >= 4 is 35.8 Å². The Bertz CT molecular complexity index is 631. The van der Waals surface area contributed by atoms with Crippen LogP contribution in [0.1, 0.15) is 32.3 Å². The van der Waals surface area contributed by atoms with Crippen LogP contribution in [-0.4, -0.2) is 86.2 Å². The largest absolute Gasteiger partial charge is 0.357 e. The topological polar surface area (TPSA) is 59.0 Å². The van der Waals surface area contributed by atoms with Crippen LogP contribution in [0.5, 0.6) is 0 Å². The minimum atomic E-state index is 0. The highest BCUT2D eigenvalue weighted by atomic mass is 127. The molecule has 2 aliphatic rings. The predicted octanol–water partition coefficient (Wildman–Crippen LogP) is 1.99. The first-order valence-corrected chi connectivity index (χ1v) is 10.8. The van der Waals surface area contributed by atoms with Gasteiger partial charge in [-0.3, -0.25) is 4.90 Å². The number of rotatable bonds is 7. The molecule has 0 bridgehead atoms. The van der Waals surface area contributed by atoms with Crippen LogP contribution >= 0.6 is 24.0 Å². The summed E-state index contributed by atoms with van der Waals surface area (Å²) in [6.07, 6.45) is 4.47. The highest BCUT2D eigenvalue weighted by Crippen LogP contribution is 2.19. The standard InChI is InChI=1S/C21H37N7.HI/c1-4-22-21(25-17-19-9-7-11-27(19)5-2)24-16-18-8-6-10-23-20(18)28-14-12-26(3)13-15-28;/h6,8,10,19H,4-5,7,9,11-17H2,1-3H3,(H2,22,24,25);1H. The lowest BCUT2D eigenvalue weighted by atomic mass is 10.2. The maximum Gasteiger partial charge on any atom is 0.191 e. The minimum Gasteiger partial charge on any atom is -0.357 e. The second-order valence-electron chi connectivity index (χ2n) is 7.78. The van der Waals surface area contributed by atoms with E-state index >= 15 is 0 Å². The number of aromatic nitrogens is 1. The normalized spacial score (nSPS) is 21.1. The lowest BCUT2D eigenvalue weighted by Crippen LogP contribution is -2.45. The quantitative estimate of drug-likeness (QED) is 0.329. The van der Waals surface area contributed by atoms with Gasteiger partial charge < -0.3 is 20.4 Å². The molecule has 3 heterocycles. The summed E-state index contributed by atoms with van der Waals surface area (Å²) in [6.45, 7) is 13.4. The first-order chi connectivity index (χ1) is 13.7. The lowest BCUT2D eigenvalue weighted by Gasteiger charge is -2.34. The summed E-state index contributed by atoms with van der Waals surface area (Å²) in [5.41, 5.74) is 1.19. The van der Waals surface area contributed by atoms with Crippen LogP contribution < -0.4 is 15.5 Å². The van der Waals surface area contributed by atoms with Gasteiger partial charge in [0.25, 0.3) is 0 Å². The predicted molar refractivity (Wildman–Crippen MR) is 132 cm³/mol. The monoisotopic (exact) mass is 515 g/mol. The van der Waals surface area contributed by atoms with Gasteiger partial charge >= 0.3 is 0 Å². The number of nitrogens with one attached hydrogen (secondary N) is 2. The number of guanidine groups is 1. The highest BCUT2D eigenvalue weighted by molar-refractivity contribution is 14.0. The van der Waals surface area contributed by atoms with Gasteiger partial charge in [-0.05, 0) is 46.0 Å². The molecule has 2 aliphatic heterocycles. The zero-order chi connectivity index (χ0) is 19.8. The van der Waals surface area contributed by atoms with E-state index in [1.165, 1.54) is 24.9 Å². The number of hydrogen-bond donors (Lipinski definition) is 2. The van der Waals surface area contributed by atoms with Crippen molar-refractivity contribution in [1.82, 2.24) is 25.4 Å². The van der Waals surface area contributed by atoms with Crippen molar-refractivity contribution in [2.45, 2.75) is 39.3 Å². The fourth-order valence-electron chi connectivity index (χ4n) is 4.12. The van der Waals surface area contributed by atoms with Gasteiger partial charge in [-0.25, -0.2) is 9.98 Å². The van der Waals surface area contributed by atoms with Crippen molar-refractivity contribution in [2.75, 3.05) is 64.3 Å². The van der Waals surface area contributed by atoms with Crippen LogP contribution in [0, 0.1) is 0 Å². The highest BCUT2D eigenvalue weighted by Gasteiger charge is 2.23. The fraction of sp³-hybridized carbons (Fsp3) is 0.714. The van der Waals surface area contributed by atoms with Crippen molar-refractivity contribution in [1.29, 1.82) is 0 Å². The molecule has 0 aliphatic carbocycles. The molecule has 2 N–H and O–H groups in total. The van der Waals surface area contributed by atoms with Gasteiger partial charge in [0.1, 0.15) is 5.82 Å². The Morgan fingerprint density at radius 1 is 1.17 bits per heavy atom. The molecule has 0 saturated carbocycles. The van der Waals surface area contributed by atoms with Crippen LogP contribution in [0.25, 0.3) is 0 Å². The number of piperazine rings is 1. The summed E-state index contributed by atoms with van der Waals surface area (Å²) in [4.78, 5) is 16.9. The SMILES string of the molecule is CCNC(=NCc1cccnc1N1CCN(C)CC1)NCC1CCCN1CC.I. The summed E-state index contributed by atoms with van der Waals surface area (Å²) in [5, 5.41) is 6.95. The number of pyridine rings is 1. The Morgan fingerprint density at radius 2 is 1.97 bits per heavy atom. The van der Waals surface area contributed by atoms with Crippen molar-refractivity contribution in [2.24, 2.45) is 4.99 Å². The number of anilines is 1. The van der Waals surface area contributed by atoms with E-state index in [4.69, 9.17) is 4.99 Å². The molecule has 0 radical (unpaired) electrons. The smallest absolute Gasteiger partial charge is 0.191 e. The molecular formula is C21H38IN7. The third kappa shape index (κ3) is 6.96. The Kier molecular flexibility index (Phi) is 10.4. The van der Waals surface area contributed by atoms with Gasteiger partial charge in [0.15, 0.2) is 5.96 Å². The molecule has 0 spiro atoms. The number of hydrogen-bond acceptors (Lipinski definition) is 5. The average Bonchev–Trinajstić information content (AvgIpc) is 3.18. The molecule has 1 aromatic rings. The molecule has 8 heteroatoms. The average molecular weight is 515 g/mol. The second kappa shape index (κ2) is 12.5. The van der Waals surface area contributed by atoms with Crippen LogP contribution in [0.15, 0.2) is 23.3 Å². The Hall–Kier alpha value is -1.13. The van der Waals surface area contributed by atoms with Crippen LogP contribution in [0.4, 0.5) is 5.82 Å². The van der Waals surface area contributed by atoms with Crippen LogP contribution in [0.3, 0.4) is 0 Å². The lowest BCUT2D eigenvalue weighted by molar-refractivity contribution is 0.267. The summed E-state index contributed by atoms with van der Waals surface area (Å²) in [7, 11) is 2.18. The number of aliphatic imine (C=N–C) groups is 1. The van der Waals surface area contributed by atoms with E-state index in [1.807, 2.05) is 12.3 Å². The third-order valence-electron chi connectivity index (χ3n) is 5.83. The molecule has 2 saturated heterocycles. The van der Waals surface area contributed by atoms with Crippen molar-refractivity contribution in [3.8, 4) is 0 Å². The van der Waals surface area contributed by atoms with Gasteiger partial charge in [0.2, 0.25) is 0 Å². The van der Waals surface area contributed by atoms with Crippen molar-refractivity contribution in [3.63, 3.8) is 0 Å². The minimum absolute atomic E-state index is 0. The molecule has 7 nitrogen and oxygen atoms in total. The molecule has 3 rings (SSSR count). The Morgan fingerprint density at radius 3 is 2.69 bits per heavy atom. The van der Waals surface area contributed by atoms with Gasteiger partial charge in [-0.1, -0.05) is 13.0 Å². The molecular weight excluding hydrogens is 477 g/mol. The van der Waals surface area contributed by atoms with E-state index in [1.54, 1.807) is 0 Å². The van der Waals surface area contributed by atoms with Crippen molar-refractivity contribution < 1.29 is 0 Å². The van der Waals surface area contributed by atoms with E-state index in [0.29, 0.717) is 12.6 Å². The van der Waals surface area contributed by atoms with Gasteiger partial charge in [0.05, 0.1) is 6.54 Å². The van der Waals surface area contributed by atoms with E-state index in [-0.39, 0.29) is 24.0 Å². The number of likely N-dealkylation sites (tertiary alicyclic amines) is 1. The molecule has 1 atom stereocenters. The molecule has 164 valence electrons. The molecule has 0 aromatic carbocycles. The summed E-state index contributed by atoms with van der Waals surface area (Å²) in [5.74, 6) is 1.99. The summed E-state index contributed by atoms with van der Waals surface area (Å²) < 4.78 is 0. The molecule has 29 heavy (non-hydrogen) atoms. The van der Waals surface area contributed by atoms with Crippen LogP contribution in [0.2, 0.25) is 0 Å². The third-order valence-corrected chi connectivity index (χ3v) is 5.83. The zero-order valence-corrected chi connectivity index (χ0v) is 20.6. The second-order valence-corrected chi connectivity index (χ2v) is 7.78. The molecule has 1 unspecified atom stereocenters. The Balaban J connectivity index is 0.00000300. The number of halogens is 1. The van der Waals surface area contributed by atoms with Gasteiger partial charge in [-0.2, -0.15) is 0 Å². The first-order valence-electron chi connectivity index (χ1n) is 10.8. The zero-order valence-electron chi connectivity index (χ0n) is 18.2. The molecule has 0 amide bonds. The Labute approximate surface area is 193 Å². The first kappa shape index (κ1) is 24.1. The summed E-state index contributed by atoms with van der Waals surface area (Å²) >= 11 is 0. The van der Waals surface area contributed by atoms with E-state index in [0.717, 1.165) is 57.6 Å². The van der Waals surface area contributed by atoms with E-state index < -0.39 is 0 Å². The maximum atomic E-state index is 4.86. The van der Waals surface area contributed by atoms with E-state index in [9.17, 15) is 0 Å². The van der Waals surface area contributed by atoms with Crippen LogP contribution in [-0.2, 0) is 6.54 Å². The van der Waals surface area contributed by atoms with Crippen molar-refractivity contribution in [3.05, 3.63) is 23.9 Å². The van der Waals surface area contributed by atoms with E-state index in [2.05, 4.69) is 57.3 Å². The number of likely N-dealkylation sites (N-methyl/N-ethyl adjacent to an activating group) is 2.